The lowest BCUT2D eigenvalue weighted by Gasteiger charge is -2.23. The molecule has 2 atom stereocenters. The van der Waals surface area contributed by atoms with Crippen molar-refractivity contribution in [1.29, 1.82) is 0 Å². The van der Waals surface area contributed by atoms with Crippen molar-refractivity contribution in [3.63, 3.8) is 0 Å². The number of non-ortho nitro benzene ring substituents is 2. The number of nitrogens with zero attached hydrogens (tertiary/aromatic N) is 2. The van der Waals surface area contributed by atoms with Crippen LogP contribution in [-0.4, -0.2) is 57.0 Å². The monoisotopic (exact) mass is 452 g/mol. The van der Waals surface area contributed by atoms with Crippen LogP contribution in [0.25, 0.3) is 0 Å². The molecule has 0 saturated heterocycles. The molecular weight excluding hydrogens is 428 g/mol. The Labute approximate surface area is 183 Å². The average Bonchev–Trinajstić information content (AvgIpc) is 2.76. The summed E-state index contributed by atoms with van der Waals surface area (Å²) in [6.45, 7) is 0.442. The summed E-state index contributed by atoms with van der Waals surface area (Å²) in [5.41, 5.74) is -0.0555. The smallest absolute Gasteiger partial charge is 0.269 e. The lowest BCUT2D eigenvalue weighted by Crippen LogP contribution is -2.24. The van der Waals surface area contributed by atoms with Crippen LogP contribution in [0.1, 0.15) is 12.8 Å². The summed E-state index contributed by atoms with van der Waals surface area (Å²) in [4.78, 5) is 20.5. The van der Waals surface area contributed by atoms with Crippen molar-refractivity contribution in [2.45, 2.75) is 23.3 Å². The van der Waals surface area contributed by atoms with E-state index in [0.29, 0.717) is 24.3 Å². The molecule has 2 aromatic rings. The van der Waals surface area contributed by atoms with Crippen LogP contribution in [0.5, 0.6) is 11.5 Å². The zero-order chi connectivity index (χ0) is 22.6. The first kappa shape index (κ1) is 24.4. The second-order valence-electron chi connectivity index (χ2n) is 6.53. The van der Waals surface area contributed by atoms with Crippen molar-refractivity contribution in [3.8, 4) is 11.5 Å². The fraction of sp³-hybridized carbons (Fsp3) is 0.400. The standard InChI is InChI=1S/C20H24N2O8S/c23-11-9-19(13-29-17-5-1-15(2-6-17)21(25)26)31-20(10-12-24)14-30-18-7-3-16(4-8-18)22(27)28/h1-8,19-20,23-24H,9-14H2. The average molecular weight is 452 g/mol. The third-order valence-electron chi connectivity index (χ3n) is 4.25. The Morgan fingerprint density at radius 1 is 0.742 bits per heavy atom. The SMILES string of the molecule is O=[N+]([O-])c1ccc(OCC(CCO)SC(CCO)COc2ccc([N+](=O)[O-])cc2)cc1. The molecule has 0 aliphatic heterocycles. The Bertz CT molecular complexity index is 763. The molecule has 0 radical (unpaired) electrons. The van der Waals surface area contributed by atoms with Gasteiger partial charge in [0.05, 0.1) is 9.85 Å². The number of aliphatic hydroxyl groups is 2. The van der Waals surface area contributed by atoms with E-state index in [4.69, 9.17) is 9.47 Å². The van der Waals surface area contributed by atoms with Crippen LogP contribution in [0.3, 0.4) is 0 Å². The molecule has 0 aromatic heterocycles. The quantitative estimate of drug-likeness (QED) is 0.326. The molecule has 2 rings (SSSR count). The maximum atomic E-state index is 10.7. The number of nitro benzene ring substituents is 2. The fourth-order valence-corrected chi connectivity index (χ4v) is 3.97. The molecule has 0 heterocycles. The minimum Gasteiger partial charge on any atom is -0.492 e. The first-order valence-electron chi connectivity index (χ1n) is 9.54. The number of hydrogen-bond acceptors (Lipinski definition) is 9. The van der Waals surface area contributed by atoms with Gasteiger partial charge in [-0.3, -0.25) is 20.2 Å². The van der Waals surface area contributed by atoms with E-state index in [2.05, 4.69) is 0 Å². The largest absolute Gasteiger partial charge is 0.492 e. The Hall–Kier alpha value is -2.89. The van der Waals surface area contributed by atoms with E-state index < -0.39 is 9.85 Å². The van der Waals surface area contributed by atoms with E-state index in [1.807, 2.05) is 0 Å². The predicted octanol–water partition coefficient (Wildman–Crippen LogP) is 3.20. The molecular formula is C20H24N2O8S. The van der Waals surface area contributed by atoms with Crippen molar-refractivity contribution < 1.29 is 29.5 Å². The summed E-state index contributed by atoms with van der Waals surface area (Å²) in [7, 11) is 0. The van der Waals surface area contributed by atoms with Gasteiger partial charge in [-0.25, -0.2) is 0 Å². The molecule has 0 fully saturated rings. The zero-order valence-corrected chi connectivity index (χ0v) is 17.5. The molecule has 0 amide bonds. The van der Waals surface area contributed by atoms with Gasteiger partial charge in [0.25, 0.3) is 11.4 Å². The van der Waals surface area contributed by atoms with E-state index in [-0.39, 0.29) is 48.3 Å². The van der Waals surface area contributed by atoms with E-state index in [1.54, 1.807) is 0 Å². The number of hydrogen-bond donors (Lipinski definition) is 2. The van der Waals surface area contributed by atoms with Gasteiger partial charge in [0.2, 0.25) is 0 Å². The molecule has 10 nitrogen and oxygen atoms in total. The Morgan fingerprint density at radius 2 is 1.10 bits per heavy atom. The van der Waals surface area contributed by atoms with Gasteiger partial charge in [0.15, 0.2) is 0 Å². The Morgan fingerprint density at radius 3 is 1.39 bits per heavy atom. The predicted molar refractivity (Wildman–Crippen MR) is 116 cm³/mol. The van der Waals surface area contributed by atoms with Gasteiger partial charge < -0.3 is 19.7 Å². The van der Waals surface area contributed by atoms with Gasteiger partial charge in [-0.15, -0.1) is 11.8 Å². The number of thioether (sulfide) groups is 1. The van der Waals surface area contributed by atoms with Crippen molar-refractivity contribution in [2.24, 2.45) is 0 Å². The highest BCUT2D eigenvalue weighted by Gasteiger charge is 2.19. The Balaban J connectivity index is 1.91. The van der Waals surface area contributed by atoms with Crippen molar-refractivity contribution in [3.05, 3.63) is 68.8 Å². The zero-order valence-electron chi connectivity index (χ0n) is 16.7. The van der Waals surface area contributed by atoms with Crippen LogP contribution in [0.4, 0.5) is 11.4 Å². The van der Waals surface area contributed by atoms with Crippen LogP contribution in [0, 0.1) is 20.2 Å². The van der Waals surface area contributed by atoms with Crippen LogP contribution >= 0.6 is 11.8 Å². The summed E-state index contributed by atoms with van der Waals surface area (Å²) >= 11 is 1.51. The van der Waals surface area contributed by atoms with Gasteiger partial charge in [0, 0.05) is 48.0 Å². The van der Waals surface area contributed by atoms with Crippen LogP contribution in [0.15, 0.2) is 48.5 Å². The lowest BCUT2D eigenvalue weighted by atomic mass is 10.3. The number of aliphatic hydroxyl groups excluding tert-OH is 2. The first-order chi connectivity index (χ1) is 14.9. The second kappa shape index (κ2) is 12.7. The Kier molecular flexibility index (Phi) is 10.0. The fourth-order valence-electron chi connectivity index (χ4n) is 2.65. The highest BCUT2D eigenvalue weighted by Crippen LogP contribution is 2.26. The maximum absolute atomic E-state index is 10.7. The number of rotatable bonds is 14. The van der Waals surface area contributed by atoms with Gasteiger partial charge in [-0.1, -0.05) is 0 Å². The molecule has 168 valence electrons. The van der Waals surface area contributed by atoms with Crippen LogP contribution in [-0.2, 0) is 0 Å². The van der Waals surface area contributed by atoms with Crippen LogP contribution < -0.4 is 9.47 Å². The molecule has 2 unspecified atom stereocenters. The lowest BCUT2D eigenvalue weighted by molar-refractivity contribution is -0.385. The number of nitro groups is 2. The minimum atomic E-state index is -0.487. The minimum absolute atomic E-state index is 0.0277. The number of ether oxygens (including phenoxy) is 2. The van der Waals surface area contributed by atoms with Gasteiger partial charge in [-0.2, -0.15) is 0 Å². The highest BCUT2D eigenvalue weighted by atomic mass is 32.2. The summed E-state index contributed by atoms with van der Waals surface area (Å²) in [5, 5.41) is 40.0. The summed E-state index contributed by atoms with van der Waals surface area (Å²) in [5.74, 6) is 0.963. The molecule has 31 heavy (non-hydrogen) atoms. The molecule has 2 aromatic carbocycles. The van der Waals surface area contributed by atoms with Gasteiger partial charge >= 0.3 is 0 Å². The molecule has 0 saturated carbocycles. The van der Waals surface area contributed by atoms with Crippen molar-refractivity contribution >= 4 is 23.1 Å². The van der Waals surface area contributed by atoms with Crippen molar-refractivity contribution in [1.82, 2.24) is 0 Å². The van der Waals surface area contributed by atoms with E-state index in [1.165, 1.54) is 60.3 Å². The van der Waals surface area contributed by atoms with Crippen molar-refractivity contribution in [2.75, 3.05) is 26.4 Å². The first-order valence-corrected chi connectivity index (χ1v) is 10.5. The van der Waals surface area contributed by atoms with E-state index >= 15 is 0 Å². The van der Waals surface area contributed by atoms with Crippen LogP contribution in [0.2, 0.25) is 0 Å². The second-order valence-corrected chi connectivity index (χ2v) is 8.13. The summed E-state index contributed by atoms with van der Waals surface area (Å²) in [6.07, 6.45) is 0.911. The molecule has 0 bridgehead atoms. The molecule has 0 aliphatic rings. The number of benzene rings is 2. The third-order valence-corrected chi connectivity index (χ3v) is 5.77. The van der Waals surface area contributed by atoms with E-state index in [0.717, 1.165) is 0 Å². The summed E-state index contributed by atoms with van der Waals surface area (Å²) < 4.78 is 11.4. The molecule has 0 spiro atoms. The van der Waals surface area contributed by atoms with Gasteiger partial charge in [0.1, 0.15) is 24.7 Å². The normalized spacial score (nSPS) is 12.7. The molecule has 11 heteroatoms. The molecule has 2 N–H and O–H groups in total. The molecule has 0 aliphatic carbocycles. The van der Waals surface area contributed by atoms with Gasteiger partial charge in [-0.05, 0) is 37.1 Å². The highest BCUT2D eigenvalue weighted by molar-refractivity contribution is 8.00. The maximum Gasteiger partial charge on any atom is 0.269 e. The third kappa shape index (κ3) is 8.40. The topological polar surface area (TPSA) is 145 Å². The van der Waals surface area contributed by atoms with E-state index in [9.17, 15) is 30.4 Å². The summed E-state index contributed by atoms with van der Waals surface area (Å²) in [6, 6.07) is 11.5.